The Morgan fingerprint density at radius 2 is 1.94 bits per heavy atom. The molecule has 3 aromatic rings. The lowest BCUT2D eigenvalue weighted by atomic mass is 10.0. The molecule has 166 valence electrons. The molecular formula is C24H24F2N4O2. The Kier molecular flexibility index (Phi) is 6.41. The molecule has 1 aliphatic rings. The van der Waals surface area contributed by atoms with Gasteiger partial charge in [-0.3, -0.25) is 4.79 Å². The summed E-state index contributed by atoms with van der Waals surface area (Å²) in [6.45, 7) is 1.12. The number of amides is 1. The molecule has 6 nitrogen and oxygen atoms in total. The predicted octanol–water partition coefficient (Wildman–Crippen LogP) is 3.63. The van der Waals surface area contributed by atoms with Crippen molar-refractivity contribution in [3.05, 3.63) is 77.6 Å². The van der Waals surface area contributed by atoms with Gasteiger partial charge in [-0.1, -0.05) is 24.3 Å². The van der Waals surface area contributed by atoms with Gasteiger partial charge in [-0.05, 0) is 35.4 Å². The zero-order valence-electron chi connectivity index (χ0n) is 18.0. The number of rotatable bonds is 5. The van der Waals surface area contributed by atoms with Crippen molar-refractivity contribution in [2.45, 2.75) is 12.5 Å². The van der Waals surface area contributed by atoms with Gasteiger partial charge in [0.2, 0.25) is 11.9 Å². The highest BCUT2D eigenvalue weighted by atomic mass is 19.1. The van der Waals surface area contributed by atoms with Crippen LogP contribution in [0, 0.1) is 11.6 Å². The Hall–Kier alpha value is -3.39. The fraction of sp³-hybridized carbons (Fsp3) is 0.292. The maximum atomic E-state index is 13.9. The lowest BCUT2D eigenvalue weighted by Gasteiger charge is -2.33. The number of nitrogens with zero attached hydrogens (tertiary/aromatic N) is 4. The van der Waals surface area contributed by atoms with Gasteiger partial charge in [0.15, 0.2) is 0 Å². The van der Waals surface area contributed by atoms with Crippen LogP contribution in [-0.2, 0) is 16.0 Å². The van der Waals surface area contributed by atoms with E-state index >= 15 is 0 Å². The number of ether oxygens (including phenoxy) is 1. The molecule has 32 heavy (non-hydrogen) atoms. The lowest BCUT2D eigenvalue weighted by molar-refractivity contribution is -0.138. The molecule has 2 heterocycles. The van der Waals surface area contributed by atoms with Gasteiger partial charge in [0.1, 0.15) is 17.7 Å². The lowest BCUT2D eigenvalue weighted by Crippen LogP contribution is -2.43. The number of carbonyl (C=O) groups excluding carboxylic acids is 1. The van der Waals surface area contributed by atoms with Crippen molar-refractivity contribution in [3.63, 3.8) is 0 Å². The van der Waals surface area contributed by atoms with Crippen LogP contribution in [-0.4, -0.2) is 54.6 Å². The van der Waals surface area contributed by atoms with E-state index in [4.69, 9.17) is 4.74 Å². The molecule has 0 N–H and O–H groups in total. The van der Waals surface area contributed by atoms with Crippen LogP contribution in [0.5, 0.6) is 0 Å². The third kappa shape index (κ3) is 4.91. The molecule has 2 aromatic carbocycles. The first-order chi connectivity index (χ1) is 15.4. The average molecular weight is 438 g/mol. The van der Waals surface area contributed by atoms with Gasteiger partial charge >= 0.3 is 0 Å². The van der Waals surface area contributed by atoms with E-state index in [0.29, 0.717) is 42.5 Å². The van der Waals surface area contributed by atoms with E-state index in [9.17, 15) is 13.6 Å². The van der Waals surface area contributed by atoms with Gasteiger partial charge in [-0.2, -0.15) is 0 Å². The van der Waals surface area contributed by atoms with E-state index < -0.39 is 6.10 Å². The normalized spacial score (nSPS) is 16.1. The maximum absolute atomic E-state index is 13.9. The summed E-state index contributed by atoms with van der Waals surface area (Å²) in [6.07, 6.45) is 1.35. The maximum Gasteiger partial charge on any atom is 0.227 e. The molecule has 0 aliphatic carbocycles. The molecule has 1 fully saturated rings. The third-order valence-electron chi connectivity index (χ3n) is 5.33. The fourth-order valence-electron chi connectivity index (χ4n) is 3.65. The van der Waals surface area contributed by atoms with Gasteiger partial charge in [0.05, 0.1) is 25.3 Å². The second-order valence-electron chi connectivity index (χ2n) is 7.88. The van der Waals surface area contributed by atoms with Gasteiger partial charge in [0.25, 0.3) is 0 Å². The van der Waals surface area contributed by atoms with Crippen LogP contribution in [0.4, 0.5) is 14.7 Å². The second kappa shape index (κ2) is 9.40. The summed E-state index contributed by atoms with van der Waals surface area (Å²) < 4.78 is 33.0. The van der Waals surface area contributed by atoms with Crippen LogP contribution in [0.25, 0.3) is 11.1 Å². The van der Waals surface area contributed by atoms with E-state index in [0.717, 1.165) is 5.56 Å². The monoisotopic (exact) mass is 438 g/mol. The molecule has 1 saturated heterocycles. The van der Waals surface area contributed by atoms with Crippen LogP contribution in [0.3, 0.4) is 0 Å². The Labute approximate surface area is 185 Å². The highest BCUT2D eigenvalue weighted by molar-refractivity contribution is 5.79. The van der Waals surface area contributed by atoms with Crippen molar-refractivity contribution in [3.8, 4) is 11.1 Å². The molecule has 0 saturated carbocycles. The molecule has 0 spiro atoms. The van der Waals surface area contributed by atoms with E-state index in [2.05, 4.69) is 9.97 Å². The minimum absolute atomic E-state index is 0.0703. The van der Waals surface area contributed by atoms with Crippen LogP contribution in [0.1, 0.15) is 17.4 Å². The second-order valence-corrected chi connectivity index (χ2v) is 7.88. The van der Waals surface area contributed by atoms with Gasteiger partial charge in [-0.25, -0.2) is 18.7 Å². The topological polar surface area (TPSA) is 58.6 Å². The van der Waals surface area contributed by atoms with Crippen LogP contribution < -0.4 is 4.90 Å². The van der Waals surface area contributed by atoms with Crippen molar-refractivity contribution >= 4 is 11.9 Å². The van der Waals surface area contributed by atoms with Crippen LogP contribution in [0.15, 0.2) is 54.7 Å². The van der Waals surface area contributed by atoms with Gasteiger partial charge < -0.3 is 14.5 Å². The van der Waals surface area contributed by atoms with Crippen LogP contribution in [0.2, 0.25) is 0 Å². The minimum Gasteiger partial charge on any atom is -0.368 e. The van der Waals surface area contributed by atoms with E-state index in [1.54, 1.807) is 40.3 Å². The highest BCUT2D eigenvalue weighted by Gasteiger charge is 2.29. The SMILES string of the molecule is CN(C)c1ncc(-c2cccc(F)c2)c(C2CN(C(=O)Cc3ccc(F)cc3)CCO2)n1. The number of carbonyl (C=O) groups is 1. The molecule has 8 heteroatoms. The molecule has 1 amide bonds. The Balaban J connectivity index is 1.61. The van der Waals surface area contributed by atoms with E-state index in [1.165, 1.54) is 24.3 Å². The number of morpholine rings is 1. The quantitative estimate of drug-likeness (QED) is 0.609. The number of anilines is 1. The van der Waals surface area contributed by atoms with Crippen LogP contribution >= 0.6 is 0 Å². The molecule has 0 radical (unpaired) electrons. The number of halogens is 2. The standard InChI is InChI=1S/C24H24F2N4O2/c1-29(2)24-27-14-20(17-4-3-5-19(26)13-17)23(28-24)21-15-30(10-11-32-21)22(31)12-16-6-8-18(25)9-7-16/h3-9,13-14,21H,10-12,15H2,1-2H3. The highest BCUT2D eigenvalue weighted by Crippen LogP contribution is 2.32. The average Bonchev–Trinajstić information content (AvgIpc) is 2.80. The summed E-state index contributed by atoms with van der Waals surface area (Å²) in [5.74, 6) is -0.263. The van der Waals surface area contributed by atoms with Crippen molar-refractivity contribution in [1.29, 1.82) is 0 Å². The molecule has 1 unspecified atom stereocenters. The van der Waals surface area contributed by atoms with Gasteiger partial charge in [-0.15, -0.1) is 0 Å². The molecule has 4 rings (SSSR count). The number of hydrogen-bond acceptors (Lipinski definition) is 5. The van der Waals surface area contributed by atoms with Crippen molar-refractivity contribution < 1.29 is 18.3 Å². The fourth-order valence-corrected chi connectivity index (χ4v) is 3.65. The largest absolute Gasteiger partial charge is 0.368 e. The molecule has 1 aromatic heterocycles. The first-order valence-electron chi connectivity index (χ1n) is 10.3. The summed E-state index contributed by atoms with van der Waals surface area (Å²) in [5, 5.41) is 0. The van der Waals surface area contributed by atoms with Gasteiger partial charge in [0, 0.05) is 32.4 Å². The molecular weight excluding hydrogens is 414 g/mol. The van der Waals surface area contributed by atoms with Crippen molar-refractivity contribution in [1.82, 2.24) is 14.9 Å². The van der Waals surface area contributed by atoms with Crippen molar-refractivity contribution in [2.24, 2.45) is 0 Å². The first kappa shape index (κ1) is 21.8. The summed E-state index contributed by atoms with van der Waals surface area (Å²) in [7, 11) is 3.67. The summed E-state index contributed by atoms with van der Waals surface area (Å²) in [5.41, 5.74) is 2.65. The zero-order chi connectivity index (χ0) is 22.7. The zero-order valence-corrected chi connectivity index (χ0v) is 18.0. The smallest absolute Gasteiger partial charge is 0.227 e. The summed E-state index contributed by atoms with van der Waals surface area (Å²) in [4.78, 5) is 25.5. The Bertz CT molecular complexity index is 1110. The van der Waals surface area contributed by atoms with E-state index in [1.807, 2.05) is 14.1 Å². The minimum atomic E-state index is -0.485. The molecule has 1 aliphatic heterocycles. The Morgan fingerprint density at radius 1 is 1.16 bits per heavy atom. The predicted molar refractivity (Wildman–Crippen MR) is 117 cm³/mol. The summed E-state index contributed by atoms with van der Waals surface area (Å²) in [6, 6.07) is 12.2. The summed E-state index contributed by atoms with van der Waals surface area (Å²) >= 11 is 0. The third-order valence-corrected chi connectivity index (χ3v) is 5.33. The first-order valence-corrected chi connectivity index (χ1v) is 10.3. The Morgan fingerprint density at radius 3 is 2.66 bits per heavy atom. The number of aromatic nitrogens is 2. The van der Waals surface area contributed by atoms with E-state index in [-0.39, 0.29) is 24.0 Å². The number of hydrogen-bond donors (Lipinski definition) is 0. The number of benzene rings is 2. The van der Waals surface area contributed by atoms with Crippen molar-refractivity contribution in [2.75, 3.05) is 38.7 Å². The molecule has 1 atom stereocenters. The molecule has 0 bridgehead atoms.